The van der Waals surface area contributed by atoms with Crippen molar-refractivity contribution >= 4 is 0 Å². The lowest BCUT2D eigenvalue weighted by molar-refractivity contribution is -0.0270. The molecule has 0 amide bonds. The van der Waals surface area contributed by atoms with Gasteiger partial charge in [-0.15, -0.1) is 0 Å². The first-order valence-electron chi connectivity index (χ1n) is 8.82. The van der Waals surface area contributed by atoms with Crippen molar-refractivity contribution in [3.63, 3.8) is 0 Å². The molecule has 0 aromatic rings. The zero-order valence-electron chi connectivity index (χ0n) is 12.6. The van der Waals surface area contributed by atoms with Gasteiger partial charge >= 0.3 is 0 Å². The molecule has 1 aliphatic heterocycles. The monoisotopic (exact) mass is 264 g/mol. The molecule has 110 valence electrons. The zero-order valence-corrected chi connectivity index (χ0v) is 12.6. The highest BCUT2D eigenvalue weighted by Crippen LogP contribution is 2.43. The summed E-state index contributed by atoms with van der Waals surface area (Å²) in [6, 6.07) is 0.826. The highest BCUT2D eigenvalue weighted by molar-refractivity contribution is 4.96. The van der Waals surface area contributed by atoms with E-state index in [0.717, 1.165) is 11.5 Å². The van der Waals surface area contributed by atoms with Gasteiger partial charge < -0.3 is 10.2 Å². The SMILES string of the molecule is C1CCCC(NCCN2CC3(CCCCC3)C2)CC1. The normalized spacial score (nSPS) is 29.1. The number of nitrogens with one attached hydrogen (secondary N) is 1. The Balaban J connectivity index is 1.29. The van der Waals surface area contributed by atoms with Crippen LogP contribution in [0.1, 0.15) is 70.6 Å². The van der Waals surface area contributed by atoms with Gasteiger partial charge in [-0.3, -0.25) is 0 Å². The molecule has 1 N–H and O–H groups in total. The minimum atomic E-state index is 0.764. The second kappa shape index (κ2) is 6.58. The van der Waals surface area contributed by atoms with Crippen molar-refractivity contribution < 1.29 is 0 Å². The summed E-state index contributed by atoms with van der Waals surface area (Å²) in [6.07, 6.45) is 16.2. The molecule has 2 heteroatoms. The number of likely N-dealkylation sites (tertiary alicyclic amines) is 1. The van der Waals surface area contributed by atoms with Gasteiger partial charge in [0, 0.05) is 32.2 Å². The van der Waals surface area contributed by atoms with Crippen LogP contribution in [-0.2, 0) is 0 Å². The van der Waals surface area contributed by atoms with Crippen molar-refractivity contribution in [2.24, 2.45) is 5.41 Å². The minimum Gasteiger partial charge on any atom is -0.313 e. The van der Waals surface area contributed by atoms with Crippen molar-refractivity contribution in [1.82, 2.24) is 10.2 Å². The van der Waals surface area contributed by atoms with Crippen molar-refractivity contribution in [2.75, 3.05) is 26.2 Å². The second-order valence-electron chi connectivity index (χ2n) is 7.41. The molecule has 0 aromatic heterocycles. The lowest BCUT2D eigenvalue weighted by atomic mass is 9.69. The summed E-state index contributed by atoms with van der Waals surface area (Å²) < 4.78 is 0. The fourth-order valence-corrected chi connectivity index (χ4v) is 4.59. The molecule has 3 fully saturated rings. The first-order chi connectivity index (χ1) is 9.36. The van der Waals surface area contributed by atoms with Gasteiger partial charge in [0.25, 0.3) is 0 Å². The van der Waals surface area contributed by atoms with E-state index in [1.807, 2.05) is 0 Å². The van der Waals surface area contributed by atoms with Crippen LogP contribution >= 0.6 is 0 Å². The highest BCUT2D eigenvalue weighted by Gasteiger charge is 2.42. The summed E-state index contributed by atoms with van der Waals surface area (Å²) in [6.45, 7) is 5.32. The van der Waals surface area contributed by atoms with Crippen LogP contribution in [0.15, 0.2) is 0 Å². The fourth-order valence-electron chi connectivity index (χ4n) is 4.59. The molecule has 3 rings (SSSR count). The average molecular weight is 264 g/mol. The Morgan fingerprint density at radius 1 is 0.842 bits per heavy atom. The minimum absolute atomic E-state index is 0.764. The molecule has 2 saturated carbocycles. The van der Waals surface area contributed by atoms with Crippen molar-refractivity contribution in [3.8, 4) is 0 Å². The average Bonchev–Trinajstić information content (AvgIpc) is 2.67. The molecule has 3 aliphatic rings. The molecule has 1 saturated heterocycles. The summed E-state index contributed by atoms with van der Waals surface area (Å²) >= 11 is 0. The standard InChI is InChI=1S/C17H32N2/c1-2-5-9-16(8-4-1)18-12-13-19-14-17(15-19)10-6-3-7-11-17/h16,18H,1-15H2. The van der Waals surface area contributed by atoms with Gasteiger partial charge in [-0.1, -0.05) is 44.9 Å². The van der Waals surface area contributed by atoms with E-state index in [-0.39, 0.29) is 0 Å². The third kappa shape index (κ3) is 3.72. The van der Waals surface area contributed by atoms with Gasteiger partial charge in [0.1, 0.15) is 0 Å². The molecule has 0 unspecified atom stereocenters. The molecule has 19 heavy (non-hydrogen) atoms. The Morgan fingerprint density at radius 2 is 1.47 bits per heavy atom. The molecular weight excluding hydrogens is 232 g/mol. The summed E-state index contributed by atoms with van der Waals surface area (Å²) in [5, 5.41) is 3.81. The largest absolute Gasteiger partial charge is 0.313 e. The molecule has 2 nitrogen and oxygen atoms in total. The Hall–Kier alpha value is -0.0800. The van der Waals surface area contributed by atoms with E-state index in [1.54, 1.807) is 0 Å². The van der Waals surface area contributed by atoms with Crippen LogP contribution in [0.4, 0.5) is 0 Å². The van der Waals surface area contributed by atoms with Gasteiger partial charge in [-0.05, 0) is 31.1 Å². The van der Waals surface area contributed by atoms with Crippen LogP contribution in [0.25, 0.3) is 0 Å². The van der Waals surface area contributed by atoms with Gasteiger partial charge in [0.05, 0.1) is 0 Å². The zero-order chi connectivity index (χ0) is 13.0. The Kier molecular flexibility index (Phi) is 4.81. The van der Waals surface area contributed by atoms with Gasteiger partial charge in [0.2, 0.25) is 0 Å². The van der Waals surface area contributed by atoms with E-state index in [4.69, 9.17) is 0 Å². The van der Waals surface area contributed by atoms with Gasteiger partial charge in [-0.25, -0.2) is 0 Å². The van der Waals surface area contributed by atoms with Crippen LogP contribution in [-0.4, -0.2) is 37.1 Å². The van der Waals surface area contributed by atoms with Crippen molar-refractivity contribution in [1.29, 1.82) is 0 Å². The van der Waals surface area contributed by atoms with E-state index < -0.39 is 0 Å². The Labute approximate surface area is 119 Å². The number of nitrogens with zero attached hydrogens (tertiary/aromatic N) is 1. The van der Waals surface area contributed by atoms with Crippen LogP contribution in [0.5, 0.6) is 0 Å². The van der Waals surface area contributed by atoms with E-state index >= 15 is 0 Å². The summed E-state index contributed by atoms with van der Waals surface area (Å²) in [7, 11) is 0. The third-order valence-corrected chi connectivity index (χ3v) is 5.75. The van der Waals surface area contributed by atoms with Crippen molar-refractivity contribution in [3.05, 3.63) is 0 Å². The van der Waals surface area contributed by atoms with Crippen molar-refractivity contribution in [2.45, 2.75) is 76.7 Å². The second-order valence-corrected chi connectivity index (χ2v) is 7.41. The van der Waals surface area contributed by atoms with E-state index in [2.05, 4.69) is 10.2 Å². The molecule has 0 aromatic carbocycles. The van der Waals surface area contributed by atoms with Gasteiger partial charge in [0.15, 0.2) is 0 Å². The van der Waals surface area contributed by atoms with Crippen LogP contribution in [0.3, 0.4) is 0 Å². The predicted octanol–water partition coefficient (Wildman–Crippen LogP) is 3.56. The Morgan fingerprint density at radius 3 is 2.16 bits per heavy atom. The Bertz CT molecular complexity index is 254. The van der Waals surface area contributed by atoms with Crippen LogP contribution in [0.2, 0.25) is 0 Å². The summed E-state index contributed by atoms with van der Waals surface area (Å²) in [4.78, 5) is 2.69. The molecule has 0 atom stereocenters. The van der Waals surface area contributed by atoms with E-state index in [9.17, 15) is 0 Å². The smallest absolute Gasteiger partial charge is 0.0107 e. The van der Waals surface area contributed by atoms with E-state index in [0.29, 0.717) is 0 Å². The third-order valence-electron chi connectivity index (χ3n) is 5.75. The lowest BCUT2D eigenvalue weighted by Gasteiger charge is -2.52. The number of rotatable bonds is 4. The number of hydrogen-bond acceptors (Lipinski definition) is 2. The topological polar surface area (TPSA) is 15.3 Å². The first-order valence-corrected chi connectivity index (χ1v) is 8.82. The maximum absolute atomic E-state index is 3.81. The lowest BCUT2D eigenvalue weighted by Crippen LogP contribution is -2.58. The molecule has 1 spiro atoms. The highest BCUT2D eigenvalue weighted by atomic mass is 15.2. The molecule has 0 radical (unpaired) electrons. The number of hydrogen-bond donors (Lipinski definition) is 1. The molecule has 2 aliphatic carbocycles. The molecule has 0 bridgehead atoms. The predicted molar refractivity (Wildman–Crippen MR) is 81.5 cm³/mol. The maximum Gasteiger partial charge on any atom is 0.0107 e. The fraction of sp³-hybridized carbons (Fsp3) is 1.00. The van der Waals surface area contributed by atoms with Crippen LogP contribution in [0, 0.1) is 5.41 Å². The first kappa shape index (κ1) is 13.9. The summed E-state index contributed by atoms with van der Waals surface area (Å²) in [5.74, 6) is 0. The van der Waals surface area contributed by atoms with Gasteiger partial charge in [-0.2, -0.15) is 0 Å². The van der Waals surface area contributed by atoms with Crippen LogP contribution < -0.4 is 5.32 Å². The van der Waals surface area contributed by atoms with E-state index in [1.165, 1.54) is 96.8 Å². The molecular formula is C17H32N2. The molecule has 1 heterocycles. The quantitative estimate of drug-likeness (QED) is 0.781. The maximum atomic E-state index is 3.81. The summed E-state index contributed by atoms with van der Waals surface area (Å²) in [5.41, 5.74) is 0.764.